The normalized spacial score (nSPS) is 10.8. The first-order chi connectivity index (χ1) is 17.5. The molecule has 1 amide bonds. The Morgan fingerprint density at radius 2 is 1.50 bits per heavy atom. The summed E-state index contributed by atoms with van der Waals surface area (Å²) in [4.78, 5) is 18.4. The van der Waals surface area contributed by atoms with E-state index in [1.165, 1.54) is 0 Å². The number of anilines is 1. The van der Waals surface area contributed by atoms with Crippen LogP contribution in [0, 0.1) is 13.8 Å². The lowest BCUT2D eigenvalue weighted by Crippen LogP contribution is -2.13. The standard InChI is InChI=1S/C31H26N2O3/c1-20-17-21(2)30-25(18-20)26(19-27(33-30)22-9-5-4-6-10-22)31(34)32-23-13-15-24(16-14-23)36-29-12-8-7-11-28(29)35-3/h4-19H,1-3H3,(H,32,34). The summed E-state index contributed by atoms with van der Waals surface area (Å²) in [5, 5.41) is 3.87. The number of amides is 1. The number of methoxy groups -OCH3 is 1. The van der Waals surface area contributed by atoms with Crippen LogP contribution in [0.4, 0.5) is 5.69 Å². The number of hydrogen-bond donors (Lipinski definition) is 1. The highest BCUT2D eigenvalue weighted by atomic mass is 16.5. The topological polar surface area (TPSA) is 60.5 Å². The molecule has 0 aliphatic heterocycles. The van der Waals surface area contributed by atoms with Crippen molar-refractivity contribution >= 4 is 22.5 Å². The maximum atomic E-state index is 13.5. The van der Waals surface area contributed by atoms with Crippen LogP contribution in [0.1, 0.15) is 21.5 Å². The van der Waals surface area contributed by atoms with E-state index in [4.69, 9.17) is 14.5 Å². The lowest BCUT2D eigenvalue weighted by Gasteiger charge is -2.14. The maximum absolute atomic E-state index is 13.5. The second-order valence-corrected chi connectivity index (χ2v) is 8.63. The molecule has 4 aromatic carbocycles. The number of carbonyl (C=O) groups is 1. The average molecular weight is 475 g/mol. The lowest BCUT2D eigenvalue weighted by atomic mass is 9.99. The number of pyridine rings is 1. The number of ether oxygens (including phenoxy) is 2. The zero-order chi connectivity index (χ0) is 25.1. The number of aromatic nitrogens is 1. The van der Waals surface area contributed by atoms with Crippen molar-refractivity contribution in [3.63, 3.8) is 0 Å². The molecule has 0 fully saturated rings. The number of benzene rings is 4. The molecule has 5 nitrogen and oxygen atoms in total. The lowest BCUT2D eigenvalue weighted by molar-refractivity contribution is 0.102. The predicted octanol–water partition coefficient (Wildman–Crippen LogP) is 7.57. The first kappa shape index (κ1) is 23.1. The van der Waals surface area contributed by atoms with E-state index in [-0.39, 0.29) is 5.91 Å². The number of rotatable bonds is 6. The molecular weight excluding hydrogens is 448 g/mol. The molecule has 0 atom stereocenters. The SMILES string of the molecule is COc1ccccc1Oc1ccc(NC(=O)c2cc(-c3ccccc3)nc3c(C)cc(C)cc23)cc1. The van der Waals surface area contributed by atoms with Gasteiger partial charge in [0.05, 0.1) is 23.9 Å². The van der Waals surface area contributed by atoms with Gasteiger partial charge < -0.3 is 14.8 Å². The van der Waals surface area contributed by atoms with Gasteiger partial charge in [0, 0.05) is 16.6 Å². The zero-order valence-corrected chi connectivity index (χ0v) is 20.4. The molecule has 5 heteroatoms. The Bertz CT molecular complexity index is 1540. The van der Waals surface area contributed by atoms with E-state index in [0.717, 1.165) is 33.3 Å². The van der Waals surface area contributed by atoms with Crippen LogP contribution in [0.25, 0.3) is 22.2 Å². The Morgan fingerprint density at radius 1 is 0.806 bits per heavy atom. The van der Waals surface area contributed by atoms with Crippen LogP contribution in [0.15, 0.2) is 97.1 Å². The van der Waals surface area contributed by atoms with Gasteiger partial charge in [-0.1, -0.05) is 54.1 Å². The smallest absolute Gasteiger partial charge is 0.256 e. The van der Waals surface area contributed by atoms with Crippen molar-refractivity contribution in [1.29, 1.82) is 0 Å². The summed E-state index contributed by atoms with van der Waals surface area (Å²) in [6.45, 7) is 4.05. The summed E-state index contributed by atoms with van der Waals surface area (Å²) < 4.78 is 11.3. The Kier molecular flexibility index (Phi) is 6.37. The van der Waals surface area contributed by atoms with Gasteiger partial charge in [-0.25, -0.2) is 4.98 Å². The summed E-state index contributed by atoms with van der Waals surface area (Å²) >= 11 is 0. The first-order valence-electron chi connectivity index (χ1n) is 11.7. The quantitative estimate of drug-likeness (QED) is 0.276. The van der Waals surface area contributed by atoms with E-state index in [0.29, 0.717) is 28.5 Å². The van der Waals surface area contributed by atoms with Crippen molar-refractivity contribution < 1.29 is 14.3 Å². The van der Waals surface area contributed by atoms with Crippen LogP contribution >= 0.6 is 0 Å². The zero-order valence-electron chi connectivity index (χ0n) is 20.4. The molecule has 36 heavy (non-hydrogen) atoms. The third-order valence-electron chi connectivity index (χ3n) is 5.97. The van der Waals surface area contributed by atoms with E-state index >= 15 is 0 Å². The number of aryl methyl sites for hydroxylation is 2. The fourth-order valence-electron chi connectivity index (χ4n) is 4.26. The van der Waals surface area contributed by atoms with Gasteiger partial charge in [-0.3, -0.25) is 4.79 Å². The van der Waals surface area contributed by atoms with Crippen LogP contribution in [0.5, 0.6) is 17.2 Å². The molecule has 5 rings (SSSR count). The van der Waals surface area contributed by atoms with E-state index in [1.807, 2.05) is 105 Å². The van der Waals surface area contributed by atoms with Gasteiger partial charge in [0.2, 0.25) is 0 Å². The van der Waals surface area contributed by atoms with Gasteiger partial charge in [-0.15, -0.1) is 0 Å². The molecule has 0 saturated carbocycles. The molecular formula is C31H26N2O3. The fraction of sp³-hybridized carbons (Fsp3) is 0.0968. The van der Waals surface area contributed by atoms with E-state index in [2.05, 4.69) is 11.4 Å². The van der Waals surface area contributed by atoms with Gasteiger partial charge in [0.15, 0.2) is 11.5 Å². The molecule has 1 N–H and O–H groups in total. The van der Waals surface area contributed by atoms with Crippen molar-refractivity contribution in [3.8, 4) is 28.5 Å². The Hall–Kier alpha value is -4.64. The van der Waals surface area contributed by atoms with Crippen LogP contribution in [-0.2, 0) is 0 Å². The number of carbonyl (C=O) groups excluding carboxylic acids is 1. The molecule has 5 aromatic rings. The van der Waals surface area contributed by atoms with Crippen LogP contribution < -0.4 is 14.8 Å². The summed E-state index contributed by atoms with van der Waals surface area (Å²) in [5.41, 5.74) is 5.93. The highest BCUT2D eigenvalue weighted by Crippen LogP contribution is 2.32. The average Bonchev–Trinajstić information content (AvgIpc) is 2.90. The van der Waals surface area contributed by atoms with Crippen molar-refractivity contribution in [1.82, 2.24) is 4.98 Å². The van der Waals surface area contributed by atoms with Gasteiger partial charge in [0.1, 0.15) is 5.75 Å². The Morgan fingerprint density at radius 3 is 2.22 bits per heavy atom. The maximum Gasteiger partial charge on any atom is 0.256 e. The highest BCUT2D eigenvalue weighted by molar-refractivity contribution is 6.13. The van der Waals surface area contributed by atoms with Crippen molar-refractivity contribution in [2.45, 2.75) is 13.8 Å². The van der Waals surface area contributed by atoms with Gasteiger partial charge in [0.25, 0.3) is 5.91 Å². The van der Waals surface area contributed by atoms with Crippen LogP contribution in [-0.4, -0.2) is 18.0 Å². The molecule has 0 aliphatic rings. The minimum absolute atomic E-state index is 0.192. The van der Waals surface area contributed by atoms with E-state index < -0.39 is 0 Å². The van der Waals surface area contributed by atoms with E-state index in [9.17, 15) is 4.79 Å². The number of hydrogen-bond acceptors (Lipinski definition) is 4. The molecule has 0 unspecified atom stereocenters. The number of nitrogens with one attached hydrogen (secondary N) is 1. The number of nitrogens with zero attached hydrogens (tertiary/aromatic N) is 1. The van der Waals surface area contributed by atoms with Crippen molar-refractivity contribution in [2.24, 2.45) is 0 Å². The largest absolute Gasteiger partial charge is 0.493 e. The highest BCUT2D eigenvalue weighted by Gasteiger charge is 2.16. The van der Waals surface area contributed by atoms with Gasteiger partial charge in [-0.2, -0.15) is 0 Å². The number of para-hydroxylation sites is 2. The van der Waals surface area contributed by atoms with Gasteiger partial charge >= 0.3 is 0 Å². The summed E-state index contributed by atoms with van der Waals surface area (Å²) in [6, 6.07) is 30.6. The third kappa shape index (κ3) is 4.77. The molecule has 0 saturated heterocycles. The van der Waals surface area contributed by atoms with E-state index in [1.54, 1.807) is 7.11 Å². The first-order valence-corrected chi connectivity index (χ1v) is 11.7. The molecule has 0 radical (unpaired) electrons. The minimum Gasteiger partial charge on any atom is -0.493 e. The second kappa shape index (κ2) is 9.92. The molecule has 1 heterocycles. The van der Waals surface area contributed by atoms with Gasteiger partial charge in [-0.05, 0) is 67.9 Å². The molecule has 0 bridgehead atoms. The summed E-state index contributed by atoms with van der Waals surface area (Å²) in [7, 11) is 1.61. The summed E-state index contributed by atoms with van der Waals surface area (Å²) in [6.07, 6.45) is 0. The number of fused-ring (bicyclic) bond motifs is 1. The minimum atomic E-state index is -0.192. The fourth-order valence-corrected chi connectivity index (χ4v) is 4.26. The molecule has 0 aliphatic carbocycles. The monoisotopic (exact) mass is 474 g/mol. The van der Waals surface area contributed by atoms with Crippen molar-refractivity contribution in [2.75, 3.05) is 12.4 Å². The van der Waals surface area contributed by atoms with Crippen molar-refractivity contribution in [3.05, 3.63) is 114 Å². The van der Waals surface area contributed by atoms with Crippen LogP contribution in [0.2, 0.25) is 0 Å². The second-order valence-electron chi connectivity index (χ2n) is 8.63. The Balaban J connectivity index is 1.45. The summed E-state index contributed by atoms with van der Waals surface area (Å²) in [5.74, 6) is 1.73. The Labute approximate surface area is 210 Å². The third-order valence-corrected chi connectivity index (χ3v) is 5.97. The predicted molar refractivity (Wildman–Crippen MR) is 144 cm³/mol. The molecule has 178 valence electrons. The molecule has 1 aromatic heterocycles. The van der Waals surface area contributed by atoms with Crippen LogP contribution in [0.3, 0.4) is 0 Å². The molecule has 0 spiro atoms.